The van der Waals surface area contributed by atoms with Gasteiger partial charge in [0.25, 0.3) is 0 Å². The van der Waals surface area contributed by atoms with E-state index >= 15 is 0 Å². The molecule has 0 aromatic rings. The lowest BCUT2D eigenvalue weighted by molar-refractivity contribution is -0.268. The first kappa shape index (κ1) is 32.3. The van der Waals surface area contributed by atoms with E-state index < -0.39 is 11.9 Å². The first-order valence-electron chi connectivity index (χ1n) is 11.9. The molecule has 0 fully saturated rings. The average molecular weight is 499 g/mol. The second kappa shape index (κ2) is 17.7. The third-order valence-corrected chi connectivity index (χ3v) is 4.85. The molecule has 0 saturated carbocycles. The SMILES string of the molecule is C=C(C)C(=O)OOCCCC(=O)NCCC(C)CC(C)(C)CNC(=O)CCCOOC(=O)C(=C)C. The van der Waals surface area contributed by atoms with E-state index in [4.69, 9.17) is 9.78 Å². The maximum absolute atomic E-state index is 12.0. The zero-order chi connectivity index (χ0) is 26.9. The van der Waals surface area contributed by atoms with E-state index in [1.807, 2.05) is 0 Å². The Labute approximate surface area is 208 Å². The van der Waals surface area contributed by atoms with Gasteiger partial charge in [-0.05, 0) is 50.9 Å². The van der Waals surface area contributed by atoms with Crippen LogP contribution in [-0.2, 0) is 38.7 Å². The molecule has 200 valence electrons. The van der Waals surface area contributed by atoms with E-state index in [-0.39, 0.29) is 54.4 Å². The number of rotatable bonds is 19. The monoisotopic (exact) mass is 498 g/mol. The second-order valence-electron chi connectivity index (χ2n) is 9.54. The molecule has 35 heavy (non-hydrogen) atoms. The summed E-state index contributed by atoms with van der Waals surface area (Å²) in [6.07, 6.45) is 3.10. The topological polar surface area (TPSA) is 129 Å². The van der Waals surface area contributed by atoms with Crippen molar-refractivity contribution in [1.29, 1.82) is 0 Å². The zero-order valence-corrected chi connectivity index (χ0v) is 21.8. The number of hydrogen-bond acceptors (Lipinski definition) is 8. The van der Waals surface area contributed by atoms with Gasteiger partial charge in [0.1, 0.15) is 0 Å². The van der Waals surface area contributed by atoms with Crippen LogP contribution in [0.1, 0.15) is 73.1 Å². The van der Waals surface area contributed by atoms with Gasteiger partial charge in [0, 0.05) is 37.1 Å². The van der Waals surface area contributed by atoms with Gasteiger partial charge in [-0.1, -0.05) is 33.9 Å². The number of carbonyl (C=O) groups is 4. The molecular weight excluding hydrogens is 456 g/mol. The summed E-state index contributed by atoms with van der Waals surface area (Å²) in [6, 6.07) is 0. The molecule has 0 aliphatic rings. The quantitative estimate of drug-likeness (QED) is 0.120. The van der Waals surface area contributed by atoms with E-state index in [1.54, 1.807) is 0 Å². The largest absolute Gasteiger partial charge is 0.368 e. The van der Waals surface area contributed by atoms with Crippen LogP contribution in [0.2, 0.25) is 0 Å². The molecule has 2 N–H and O–H groups in total. The minimum atomic E-state index is -0.627. The van der Waals surface area contributed by atoms with Gasteiger partial charge in [-0.3, -0.25) is 19.4 Å². The molecule has 0 bridgehead atoms. The van der Waals surface area contributed by atoms with Crippen LogP contribution in [0.4, 0.5) is 0 Å². The highest BCUT2D eigenvalue weighted by Gasteiger charge is 2.22. The summed E-state index contributed by atoms with van der Waals surface area (Å²) in [5, 5.41) is 5.81. The number of carbonyl (C=O) groups excluding carboxylic acids is 4. The molecule has 0 rings (SSSR count). The molecule has 0 spiro atoms. The molecule has 0 aromatic carbocycles. The highest BCUT2D eigenvalue weighted by molar-refractivity contribution is 5.86. The van der Waals surface area contributed by atoms with Crippen molar-refractivity contribution in [2.75, 3.05) is 26.3 Å². The standard InChI is InChI=1S/C25H42N2O8/c1-18(2)23(30)34-32-14-8-10-21(28)26-13-12-20(5)16-25(6,7)17-27-22(29)11-9-15-33-35-24(31)19(3)4/h20H,1,3,8-17H2,2,4-7H3,(H,26,28)(H,27,29). The average Bonchev–Trinajstić information content (AvgIpc) is 2.76. The van der Waals surface area contributed by atoms with Gasteiger partial charge in [-0.2, -0.15) is 9.78 Å². The molecule has 10 heteroatoms. The Morgan fingerprint density at radius 2 is 1.29 bits per heavy atom. The molecule has 0 heterocycles. The third-order valence-electron chi connectivity index (χ3n) is 4.85. The minimum Gasteiger partial charge on any atom is -0.356 e. The molecule has 0 aliphatic carbocycles. The van der Waals surface area contributed by atoms with Crippen LogP contribution in [0.3, 0.4) is 0 Å². The number of nitrogens with one attached hydrogen (secondary N) is 2. The predicted octanol–water partition coefficient (Wildman–Crippen LogP) is 3.32. The van der Waals surface area contributed by atoms with Crippen molar-refractivity contribution in [1.82, 2.24) is 10.6 Å². The number of amides is 2. The molecule has 1 atom stereocenters. The summed E-state index contributed by atoms with van der Waals surface area (Å²) in [6.45, 7) is 17.6. The molecule has 0 saturated heterocycles. The Morgan fingerprint density at radius 3 is 1.74 bits per heavy atom. The van der Waals surface area contributed by atoms with Gasteiger partial charge in [-0.25, -0.2) is 9.59 Å². The predicted molar refractivity (Wildman–Crippen MR) is 130 cm³/mol. The fraction of sp³-hybridized carbons (Fsp3) is 0.680. The summed E-state index contributed by atoms with van der Waals surface area (Å²) in [5.74, 6) is -1.08. The number of hydrogen-bond donors (Lipinski definition) is 2. The van der Waals surface area contributed by atoms with E-state index in [1.165, 1.54) is 13.8 Å². The summed E-state index contributed by atoms with van der Waals surface area (Å²) in [7, 11) is 0. The third kappa shape index (κ3) is 18.3. The van der Waals surface area contributed by atoms with Crippen LogP contribution in [-0.4, -0.2) is 50.1 Å². The highest BCUT2D eigenvalue weighted by atomic mass is 17.2. The van der Waals surface area contributed by atoms with Gasteiger partial charge in [0.05, 0.1) is 13.2 Å². The van der Waals surface area contributed by atoms with E-state index in [2.05, 4.69) is 54.3 Å². The molecule has 1 unspecified atom stereocenters. The Kier molecular flexibility index (Phi) is 16.3. The van der Waals surface area contributed by atoms with Crippen LogP contribution in [0.15, 0.2) is 24.3 Å². The van der Waals surface area contributed by atoms with Crippen LogP contribution in [0.5, 0.6) is 0 Å². The zero-order valence-electron chi connectivity index (χ0n) is 21.8. The molecule has 10 nitrogen and oxygen atoms in total. The van der Waals surface area contributed by atoms with Gasteiger partial charge < -0.3 is 10.6 Å². The summed E-state index contributed by atoms with van der Waals surface area (Å²) < 4.78 is 0. The van der Waals surface area contributed by atoms with Crippen LogP contribution >= 0.6 is 0 Å². The lowest BCUT2D eigenvalue weighted by atomic mass is 9.82. The van der Waals surface area contributed by atoms with E-state index in [9.17, 15) is 19.2 Å². The molecule has 0 radical (unpaired) electrons. The molecule has 0 aromatic heterocycles. The maximum atomic E-state index is 12.0. The fourth-order valence-electron chi connectivity index (χ4n) is 3.01. The lowest BCUT2D eigenvalue weighted by Crippen LogP contribution is -2.35. The summed E-state index contributed by atoms with van der Waals surface area (Å²) >= 11 is 0. The molecule has 2 amide bonds. The first-order valence-corrected chi connectivity index (χ1v) is 11.9. The fourth-order valence-corrected chi connectivity index (χ4v) is 3.01. The summed E-state index contributed by atoms with van der Waals surface area (Å²) in [5.41, 5.74) is 0.381. The first-order chi connectivity index (χ1) is 16.3. The highest BCUT2D eigenvalue weighted by Crippen LogP contribution is 2.26. The van der Waals surface area contributed by atoms with Crippen molar-refractivity contribution < 1.29 is 38.7 Å². The smallest absolute Gasteiger partial charge is 0.356 e. The Hall–Kier alpha value is -2.72. The normalized spacial score (nSPS) is 11.8. The van der Waals surface area contributed by atoms with Crippen LogP contribution < -0.4 is 10.6 Å². The van der Waals surface area contributed by atoms with E-state index in [0.717, 1.165) is 12.8 Å². The van der Waals surface area contributed by atoms with Crippen molar-refractivity contribution in [2.45, 2.75) is 73.1 Å². The van der Waals surface area contributed by atoms with E-state index in [0.29, 0.717) is 31.8 Å². The summed E-state index contributed by atoms with van der Waals surface area (Å²) in [4.78, 5) is 64.8. The van der Waals surface area contributed by atoms with Crippen molar-refractivity contribution >= 4 is 23.8 Å². The van der Waals surface area contributed by atoms with Gasteiger partial charge in [0.15, 0.2) is 0 Å². The van der Waals surface area contributed by atoms with Crippen molar-refractivity contribution in [2.24, 2.45) is 11.3 Å². The van der Waals surface area contributed by atoms with Crippen LogP contribution in [0, 0.1) is 11.3 Å². The van der Waals surface area contributed by atoms with Crippen LogP contribution in [0.25, 0.3) is 0 Å². The van der Waals surface area contributed by atoms with Gasteiger partial charge in [0.2, 0.25) is 11.8 Å². The maximum Gasteiger partial charge on any atom is 0.368 e. The molecule has 0 aliphatic heterocycles. The Bertz CT molecular complexity index is 733. The Morgan fingerprint density at radius 1 is 0.829 bits per heavy atom. The van der Waals surface area contributed by atoms with Crippen molar-refractivity contribution in [3.8, 4) is 0 Å². The van der Waals surface area contributed by atoms with Gasteiger partial charge in [-0.15, -0.1) is 0 Å². The van der Waals surface area contributed by atoms with Crippen molar-refractivity contribution in [3.05, 3.63) is 24.3 Å². The Balaban J connectivity index is 3.91. The van der Waals surface area contributed by atoms with Crippen molar-refractivity contribution in [3.63, 3.8) is 0 Å². The minimum absolute atomic E-state index is 0.0862. The van der Waals surface area contributed by atoms with Gasteiger partial charge >= 0.3 is 11.9 Å². The second-order valence-corrected chi connectivity index (χ2v) is 9.54. The lowest BCUT2D eigenvalue weighted by Gasteiger charge is -2.28. The molecular formula is C25H42N2O8.